The van der Waals surface area contributed by atoms with Crippen LogP contribution in [0.15, 0.2) is 19.5 Å². The summed E-state index contributed by atoms with van der Waals surface area (Å²) in [7, 11) is 0. The number of rotatable bonds is 2. The van der Waals surface area contributed by atoms with Crippen molar-refractivity contribution < 1.29 is 5.11 Å². The van der Waals surface area contributed by atoms with E-state index in [1.54, 1.807) is 0 Å². The van der Waals surface area contributed by atoms with Crippen molar-refractivity contribution in [3.05, 3.63) is 25.0 Å². The fourth-order valence-electron chi connectivity index (χ4n) is 2.95. The molecule has 2 rings (SSSR count). The first-order valence-electron chi connectivity index (χ1n) is 7.04. The summed E-state index contributed by atoms with van der Waals surface area (Å²) in [5, 5.41) is 13.7. The number of aromatic hydroxyl groups is 1. The maximum atomic E-state index is 10.3. The van der Waals surface area contributed by atoms with Gasteiger partial charge in [0.25, 0.3) is 0 Å². The number of piperazine rings is 1. The Bertz CT molecular complexity index is 523. The fourth-order valence-corrected chi connectivity index (χ4v) is 5.50. The van der Waals surface area contributed by atoms with E-state index in [-0.39, 0.29) is 17.2 Å². The van der Waals surface area contributed by atoms with Gasteiger partial charge in [0.1, 0.15) is 5.75 Å². The second kappa shape index (κ2) is 6.87. The molecule has 0 bridgehead atoms. The van der Waals surface area contributed by atoms with Crippen LogP contribution < -0.4 is 5.32 Å². The van der Waals surface area contributed by atoms with E-state index >= 15 is 0 Å². The van der Waals surface area contributed by atoms with Crippen molar-refractivity contribution >= 4 is 47.8 Å². The molecule has 1 fully saturated rings. The minimum atomic E-state index is 0.0582. The summed E-state index contributed by atoms with van der Waals surface area (Å²) in [6.45, 7) is 10.8. The standard InChI is InChI=1S/C15H21Br3N2O/c1-15(2,3)14(20-6-4-19-5-7-20)11-9(16)8-10(17)13(21)12(11)18/h8,14,19,21H,4-7H2,1-3H3/t14-/m1/s1. The van der Waals surface area contributed by atoms with Crippen LogP contribution in [0, 0.1) is 5.41 Å². The maximum absolute atomic E-state index is 10.3. The summed E-state index contributed by atoms with van der Waals surface area (Å²) in [4.78, 5) is 2.49. The van der Waals surface area contributed by atoms with Crippen LogP contribution in [0.25, 0.3) is 0 Å². The van der Waals surface area contributed by atoms with E-state index in [0.29, 0.717) is 4.47 Å². The molecule has 1 aromatic carbocycles. The van der Waals surface area contributed by atoms with Gasteiger partial charge in [-0.05, 0) is 43.3 Å². The van der Waals surface area contributed by atoms with Gasteiger partial charge in [0, 0.05) is 42.3 Å². The quantitative estimate of drug-likeness (QED) is 0.640. The molecule has 3 nitrogen and oxygen atoms in total. The molecule has 0 aromatic heterocycles. The van der Waals surface area contributed by atoms with Crippen LogP contribution in [0.3, 0.4) is 0 Å². The molecule has 6 heteroatoms. The molecule has 0 spiro atoms. The number of phenolic OH excluding ortho intramolecular Hbond substituents is 1. The second-order valence-electron chi connectivity index (χ2n) is 6.47. The summed E-state index contributed by atoms with van der Waals surface area (Å²) in [6.07, 6.45) is 0. The molecule has 1 aromatic rings. The van der Waals surface area contributed by atoms with Gasteiger partial charge in [-0.15, -0.1) is 0 Å². The summed E-state index contributed by atoms with van der Waals surface area (Å²) >= 11 is 10.7. The Morgan fingerprint density at radius 2 is 1.71 bits per heavy atom. The Hall–Kier alpha value is 0.380. The molecule has 0 unspecified atom stereocenters. The number of nitrogens with zero attached hydrogens (tertiary/aromatic N) is 1. The van der Waals surface area contributed by atoms with Gasteiger partial charge in [0.2, 0.25) is 0 Å². The smallest absolute Gasteiger partial charge is 0.144 e. The monoisotopic (exact) mass is 482 g/mol. The van der Waals surface area contributed by atoms with Gasteiger partial charge >= 0.3 is 0 Å². The lowest BCUT2D eigenvalue weighted by atomic mass is 9.81. The highest BCUT2D eigenvalue weighted by atomic mass is 79.9. The molecule has 1 aliphatic rings. The summed E-state index contributed by atoms with van der Waals surface area (Å²) in [5.41, 5.74) is 1.17. The molecule has 2 N–H and O–H groups in total. The lowest BCUT2D eigenvalue weighted by Gasteiger charge is -2.43. The van der Waals surface area contributed by atoms with Crippen LogP contribution >= 0.6 is 47.8 Å². The van der Waals surface area contributed by atoms with Crippen LogP contribution in [-0.2, 0) is 0 Å². The lowest BCUT2D eigenvalue weighted by Crippen LogP contribution is -2.48. The first-order valence-corrected chi connectivity index (χ1v) is 9.42. The van der Waals surface area contributed by atoms with Crippen molar-refractivity contribution in [3.63, 3.8) is 0 Å². The number of hydrogen-bond acceptors (Lipinski definition) is 3. The number of phenols is 1. The average Bonchev–Trinajstić information content (AvgIpc) is 2.40. The Kier molecular flexibility index (Phi) is 5.80. The minimum Gasteiger partial charge on any atom is -0.506 e. The van der Waals surface area contributed by atoms with E-state index in [2.05, 4.69) is 78.8 Å². The average molecular weight is 485 g/mol. The zero-order valence-electron chi connectivity index (χ0n) is 12.5. The van der Waals surface area contributed by atoms with Gasteiger partial charge in [-0.25, -0.2) is 0 Å². The van der Waals surface area contributed by atoms with Gasteiger partial charge in [-0.2, -0.15) is 0 Å². The van der Waals surface area contributed by atoms with E-state index in [1.807, 2.05) is 6.07 Å². The van der Waals surface area contributed by atoms with Crippen LogP contribution in [0.5, 0.6) is 5.75 Å². The topological polar surface area (TPSA) is 35.5 Å². The third kappa shape index (κ3) is 3.83. The summed E-state index contributed by atoms with van der Waals surface area (Å²) in [6, 6.07) is 2.15. The maximum Gasteiger partial charge on any atom is 0.144 e. The van der Waals surface area contributed by atoms with Gasteiger partial charge in [0.05, 0.1) is 8.95 Å². The first-order chi connectivity index (χ1) is 9.73. The Morgan fingerprint density at radius 3 is 2.24 bits per heavy atom. The fraction of sp³-hybridized carbons (Fsp3) is 0.600. The highest BCUT2D eigenvalue weighted by Gasteiger charge is 2.36. The molecule has 118 valence electrons. The third-order valence-electron chi connectivity index (χ3n) is 3.79. The van der Waals surface area contributed by atoms with Gasteiger partial charge < -0.3 is 10.4 Å². The minimum absolute atomic E-state index is 0.0582. The molecule has 21 heavy (non-hydrogen) atoms. The van der Waals surface area contributed by atoms with E-state index in [1.165, 1.54) is 0 Å². The molecule has 0 amide bonds. The molecular weight excluding hydrogens is 464 g/mol. The highest BCUT2D eigenvalue weighted by molar-refractivity contribution is 9.11. The molecule has 0 aliphatic carbocycles. The number of nitrogens with one attached hydrogen (secondary N) is 1. The van der Waals surface area contributed by atoms with Crippen molar-refractivity contribution in [1.29, 1.82) is 0 Å². The molecule has 0 radical (unpaired) electrons. The van der Waals surface area contributed by atoms with Crippen molar-refractivity contribution in [1.82, 2.24) is 10.2 Å². The van der Waals surface area contributed by atoms with Crippen LogP contribution in [0.1, 0.15) is 32.4 Å². The predicted octanol–water partition coefficient (Wildman–Crippen LogP) is 4.67. The van der Waals surface area contributed by atoms with Crippen LogP contribution in [0.2, 0.25) is 0 Å². The second-order valence-corrected chi connectivity index (χ2v) is 8.97. The summed E-state index contributed by atoms with van der Waals surface area (Å²) in [5.74, 6) is 0.262. The van der Waals surface area contributed by atoms with Crippen LogP contribution in [0.4, 0.5) is 0 Å². The van der Waals surface area contributed by atoms with E-state index in [0.717, 1.165) is 40.7 Å². The van der Waals surface area contributed by atoms with Gasteiger partial charge in [-0.3, -0.25) is 4.90 Å². The molecule has 1 aliphatic heterocycles. The SMILES string of the molecule is CC(C)(C)[C@@H](c1c(Br)cc(Br)c(O)c1Br)N1CCNCC1. The van der Waals surface area contributed by atoms with Gasteiger partial charge in [0.15, 0.2) is 0 Å². The predicted molar refractivity (Wildman–Crippen MR) is 97.8 cm³/mol. The first kappa shape index (κ1) is 17.7. The molecular formula is C15H21Br3N2O. The van der Waals surface area contributed by atoms with Crippen LogP contribution in [-0.4, -0.2) is 36.2 Å². The Morgan fingerprint density at radius 1 is 1.14 bits per heavy atom. The largest absolute Gasteiger partial charge is 0.506 e. The number of halogens is 3. The van der Waals surface area contributed by atoms with Gasteiger partial charge in [-0.1, -0.05) is 36.7 Å². The Labute approximate surface area is 151 Å². The molecule has 1 heterocycles. The van der Waals surface area contributed by atoms with E-state index in [4.69, 9.17) is 0 Å². The number of hydrogen-bond donors (Lipinski definition) is 2. The molecule has 1 saturated heterocycles. The van der Waals surface area contributed by atoms with Crippen molar-refractivity contribution in [2.45, 2.75) is 26.8 Å². The molecule has 1 atom stereocenters. The third-order valence-corrected chi connectivity index (χ3v) is 5.86. The van der Waals surface area contributed by atoms with E-state index in [9.17, 15) is 5.11 Å². The summed E-state index contributed by atoms with van der Waals surface area (Å²) < 4.78 is 2.47. The highest BCUT2D eigenvalue weighted by Crippen LogP contribution is 2.48. The lowest BCUT2D eigenvalue weighted by molar-refractivity contribution is 0.0850. The van der Waals surface area contributed by atoms with Crippen molar-refractivity contribution in [2.24, 2.45) is 5.41 Å². The van der Waals surface area contributed by atoms with Crippen molar-refractivity contribution in [3.8, 4) is 5.75 Å². The zero-order chi connectivity index (χ0) is 15.8. The molecule has 0 saturated carbocycles. The Balaban J connectivity index is 2.54. The van der Waals surface area contributed by atoms with E-state index < -0.39 is 0 Å². The normalized spacial score (nSPS) is 18.8. The zero-order valence-corrected chi connectivity index (χ0v) is 17.3. The number of benzene rings is 1. The van der Waals surface area contributed by atoms with Crippen molar-refractivity contribution in [2.75, 3.05) is 26.2 Å².